The molecule has 1 aliphatic heterocycles. The molecule has 0 spiro atoms. The number of rotatable bonds is 6. The highest BCUT2D eigenvalue weighted by Gasteiger charge is 2.44. The Bertz CT molecular complexity index is 497. The van der Waals surface area contributed by atoms with Gasteiger partial charge in [-0.25, -0.2) is 0 Å². The van der Waals surface area contributed by atoms with Crippen LogP contribution in [0.2, 0.25) is 0 Å². The zero-order valence-electron chi connectivity index (χ0n) is 13.4. The number of benzene rings is 1. The van der Waals surface area contributed by atoms with E-state index in [9.17, 15) is 20.1 Å². The largest absolute Gasteiger partial charge is 0.389 e. The van der Waals surface area contributed by atoms with Crippen molar-refractivity contribution in [1.82, 2.24) is 10.2 Å². The highest BCUT2D eigenvalue weighted by atomic mass is 16.4. The lowest BCUT2D eigenvalue weighted by molar-refractivity contribution is -0.157. The average molecular weight is 322 g/mol. The fourth-order valence-corrected chi connectivity index (χ4v) is 3.05. The second-order valence-electron chi connectivity index (χ2n) is 5.97. The van der Waals surface area contributed by atoms with E-state index in [1.165, 1.54) is 5.56 Å². The first-order chi connectivity index (χ1) is 11.0. The van der Waals surface area contributed by atoms with Crippen LogP contribution in [-0.2, 0) is 11.2 Å². The average Bonchev–Trinajstić information content (AvgIpc) is 2.54. The van der Waals surface area contributed by atoms with Crippen molar-refractivity contribution in [2.45, 2.75) is 44.1 Å². The summed E-state index contributed by atoms with van der Waals surface area (Å²) in [5, 5.41) is 32.6. The van der Waals surface area contributed by atoms with Gasteiger partial charge in [-0.15, -0.1) is 0 Å². The summed E-state index contributed by atoms with van der Waals surface area (Å²) in [6.45, 7) is 3.00. The Kier molecular flexibility index (Phi) is 6.53. The number of carbonyl (C=O) groups is 1. The normalized spacial score (nSPS) is 28.5. The Hall–Kier alpha value is -1.47. The molecule has 1 heterocycles. The van der Waals surface area contributed by atoms with E-state index in [0.717, 1.165) is 12.8 Å². The number of piperidine rings is 1. The third-order valence-corrected chi connectivity index (χ3v) is 4.26. The first-order valence-electron chi connectivity index (χ1n) is 8.14. The molecule has 4 N–H and O–H groups in total. The van der Waals surface area contributed by atoms with Crippen LogP contribution in [0.4, 0.5) is 0 Å². The Balaban J connectivity index is 1.99. The number of nitrogens with one attached hydrogen (secondary N) is 1. The van der Waals surface area contributed by atoms with Gasteiger partial charge >= 0.3 is 0 Å². The highest BCUT2D eigenvalue weighted by Crippen LogP contribution is 2.20. The van der Waals surface area contributed by atoms with Crippen molar-refractivity contribution < 1.29 is 20.1 Å². The zero-order valence-corrected chi connectivity index (χ0v) is 13.4. The van der Waals surface area contributed by atoms with Crippen molar-refractivity contribution >= 4 is 5.91 Å². The smallest absolute Gasteiger partial charge is 0.240 e. The summed E-state index contributed by atoms with van der Waals surface area (Å²) < 4.78 is 0. The van der Waals surface area contributed by atoms with Gasteiger partial charge in [0, 0.05) is 13.1 Å². The lowest BCUT2D eigenvalue weighted by Gasteiger charge is -2.42. The van der Waals surface area contributed by atoms with E-state index in [2.05, 4.69) is 5.32 Å². The number of aliphatic hydroxyl groups is 3. The molecular weight excluding hydrogens is 296 g/mol. The molecule has 4 atom stereocenters. The van der Waals surface area contributed by atoms with Gasteiger partial charge in [0.05, 0.1) is 6.10 Å². The summed E-state index contributed by atoms with van der Waals surface area (Å²) in [5.41, 5.74) is 1.21. The third kappa shape index (κ3) is 4.51. The predicted molar refractivity (Wildman–Crippen MR) is 86.8 cm³/mol. The number of hydrogen-bond donors (Lipinski definition) is 4. The molecule has 6 heteroatoms. The van der Waals surface area contributed by atoms with Crippen LogP contribution >= 0.6 is 0 Å². The molecule has 0 bridgehead atoms. The van der Waals surface area contributed by atoms with E-state index in [1.807, 2.05) is 30.3 Å². The summed E-state index contributed by atoms with van der Waals surface area (Å²) >= 11 is 0. The lowest BCUT2D eigenvalue weighted by Crippen LogP contribution is -2.65. The second-order valence-corrected chi connectivity index (χ2v) is 5.97. The molecule has 1 amide bonds. The maximum Gasteiger partial charge on any atom is 0.240 e. The topological polar surface area (TPSA) is 93.0 Å². The minimum absolute atomic E-state index is 0.175. The first-order valence-corrected chi connectivity index (χ1v) is 8.14. The van der Waals surface area contributed by atoms with Crippen LogP contribution in [0.15, 0.2) is 30.3 Å². The monoisotopic (exact) mass is 322 g/mol. The van der Waals surface area contributed by atoms with Gasteiger partial charge in [0.25, 0.3) is 0 Å². The fraction of sp³-hybridized carbons (Fsp3) is 0.588. The first kappa shape index (κ1) is 17.9. The number of carbonyl (C=O) groups excluding carboxylic acids is 1. The van der Waals surface area contributed by atoms with E-state index >= 15 is 0 Å². The number of aryl methyl sites for hydroxylation is 1. The van der Waals surface area contributed by atoms with Crippen LogP contribution < -0.4 is 5.32 Å². The minimum atomic E-state index is -1.30. The SMILES string of the molecule is CCNC(=O)C1C(O)C(O)C(O)CN1CCCc1ccccc1. The van der Waals surface area contributed by atoms with Gasteiger partial charge in [-0.2, -0.15) is 0 Å². The Morgan fingerprint density at radius 1 is 1.22 bits per heavy atom. The molecule has 0 aromatic heterocycles. The standard InChI is InChI=1S/C17H26N2O4/c1-2-18-17(23)14-16(22)15(21)13(20)11-19(14)10-6-9-12-7-4-3-5-8-12/h3-5,7-8,13-16,20-22H,2,6,9-11H2,1H3,(H,18,23). The van der Waals surface area contributed by atoms with Gasteiger partial charge in [-0.05, 0) is 31.9 Å². The summed E-state index contributed by atoms with van der Waals surface area (Å²) in [6.07, 6.45) is -1.98. The van der Waals surface area contributed by atoms with Crippen LogP contribution in [0, 0.1) is 0 Å². The maximum absolute atomic E-state index is 12.2. The van der Waals surface area contributed by atoms with E-state index in [4.69, 9.17) is 0 Å². The molecule has 1 aliphatic rings. The fourth-order valence-electron chi connectivity index (χ4n) is 3.05. The number of nitrogens with zero attached hydrogens (tertiary/aromatic N) is 1. The van der Waals surface area contributed by atoms with Gasteiger partial charge in [-0.3, -0.25) is 9.69 Å². The number of likely N-dealkylation sites (tertiary alicyclic amines) is 1. The second kappa shape index (κ2) is 8.40. The van der Waals surface area contributed by atoms with Crippen molar-refractivity contribution in [3.8, 4) is 0 Å². The molecular formula is C17H26N2O4. The molecule has 1 aromatic rings. The summed E-state index contributed by atoms with van der Waals surface area (Å²) in [7, 11) is 0. The van der Waals surface area contributed by atoms with Crippen LogP contribution in [-0.4, -0.2) is 70.1 Å². The van der Waals surface area contributed by atoms with Crippen molar-refractivity contribution in [3.63, 3.8) is 0 Å². The maximum atomic E-state index is 12.2. The van der Waals surface area contributed by atoms with E-state index in [1.54, 1.807) is 11.8 Å². The van der Waals surface area contributed by atoms with E-state index < -0.39 is 24.4 Å². The molecule has 0 aliphatic carbocycles. The van der Waals surface area contributed by atoms with Crippen molar-refractivity contribution in [1.29, 1.82) is 0 Å². The number of hydrogen-bond acceptors (Lipinski definition) is 5. The van der Waals surface area contributed by atoms with Crippen molar-refractivity contribution in [2.24, 2.45) is 0 Å². The lowest BCUT2D eigenvalue weighted by atomic mass is 9.92. The van der Waals surface area contributed by atoms with Gasteiger partial charge in [0.15, 0.2) is 0 Å². The molecule has 4 unspecified atom stereocenters. The number of aliphatic hydroxyl groups excluding tert-OH is 3. The molecule has 23 heavy (non-hydrogen) atoms. The quantitative estimate of drug-likeness (QED) is 0.568. The zero-order chi connectivity index (χ0) is 16.8. The number of amides is 1. The van der Waals surface area contributed by atoms with E-state index in [-0.39, 0.29) is 12.5 Å². The summed E-state index contributed by atoms with van der Waals surface area (Å²) in [4.78, 5) is 14.0. The van der Waals surface area contributed by atoms with Crippen LogP contribution in [0.1, 0.15) is 18.9 Å². The molecule has 1 aromatic carbocycles. The van der Waals surface area contributed by atoms with Crippen LogP contribution in [0.5, 0.6) is 0 Å². The van der Waals surface area contributed by atoms with E-state index in [0.29, 0.717) is 13.1 Å². The minimum Gasteiger partial charge on any atom is -0.389 e. The number of likely N-dealkylation sites (N-methyl/N-ethyl adjacent to an activating group) is 1. The predicted octanol–water partition coefficient (Wildman–Crippen LogP) is -0.478. The van der Waals surface area contributed by atoms with Gasteiger partial charge in [0.1, 0.15) is 18.2 Å². The molecule has 0 radical (unpaired) electrons. The van der Waals surface area contributed by atoms with Gasteiger partial charge < -0.3 is 20.6 Å². The summed E-state index contributed by atoms with van der Waals surface area (Å²) in [5.74, 6) is -0.314. The molecule has 6 nitrogen and oxygen atoms in total. The van der Waals surface area contributed by atoms with Crippen molar-refractivity contribution in [2.75, 3.05) is 19.6 Å². The van der Waals surface area contributed by atoms with Crippen LogP contribution in [0.3, 0.4) is 0 Å². The highest BCUT2D eigenvalue weighted by molar-refractivity contribution is 5.82. The van der Waals surface area contributed by atoms with Crippen LogP contribution in [0.25, 0.3) is 0 Å². The number of β-amino-alcohol motifs (C(OH)–C–C–N with tert-alkyl or cyclic N) is 1. The Morgan fingerprint density at radius 2 is 1.91 bits per heavy atom. The molecule has 128 valence electrons. The molecule has 2 rings (SSSR count). The molecule has 1 saturated heterocycles. The van der Waals surface area contributed by atoms with Gasteiger partial charge in [-0.1, -0.05) is 30.3 Å². The summed E-state index contributed by atoms with van der Waals surface area (Å²) in [6, 6.07) is 9.20. The Labute approximate surface area is 136 Å². The molecule has 1 fully saturated rings. The Morgan fingerprint density at radius 3 is 2.57 bits per heavy atom. The molecule has 0 saturated carbocycles. The van der Waals surface area contributed by atoms with Gasteiger partial charge in [0.2, 0.25) is 5.91 Å². The third-order valence-electron chi connectivity index (χ3n) is 4.26. The van der Waals surface area contributed by atoms with Crippen molar-refractivity contribution in [3.05, 3.63) is 35.9 Å².